The highest BCUT2D eigenvalue weighted by Crippen LogP contribution is 2.24. The summed E-state index contributed by atoms with van der Waals surface area (Å²) in [5.41, 5.74) is 1.90. The number of carbonyl (C=O) groups is 1. The Morgan fingerprint density at radius 2 is 1.81 bits per heavy atom. The molecule has 0 bridgehead atoms. The van der Waals surface area contributed by atoms with Crippen molar-refractivity contribution in [1.29, 1.82) is 0 Å². The number of sulfonamides is 1. The molecular weight excluding hydrogens is 294 g/mol. The molecule has 2 aromatic rings. The fraction of sp³-hybridized carbons (Fsp3) is 0.231. The number of aromatic nitrogens is 2. The summed E-state index contributed by atoms with van der Waals surface area (Å²) in [4.78, 5) is 11.1. The molecule has 0 fully saturated rings. The van der Waals surface area contributed by atoms with E-state index in [1.165, 1.54) is 7.05 Å². The Labute approximate surface area is 122 Å². The normalized spacial score (nSPS) is 11.4. The first kappa shape index (κ1) is 15.0. The molecule has 8 heteroatoms. The Morgan fingerprint density at radius 1 is 1.24 bits per heavy atom. The quantitative estimate of drug-likeness (QED) is 0.892. The Kier molecular flexibility index (Phi) is 3.73. The summed E-state index contributed by atoms with van der Waals surface area (Å²) in [5, 5.41) is 14.3. The van der Waals surface area contributed by atoms with Crippen molar-refractivity contribution in [3.8, 4) is 0 Å². The van der Waals surface area contributed by atoms with Crippen molar-refractivity contribution in [3.05, 3.63) is 41.1 Å². The van der Waals surface area contributed by atoms with Crippen LogP contribution in [-0.2, 0) is 10.0 Å². The molecule has 0 radical (unpaired) electrons. The Balaban J connectivity index is 2.52. The van der Waals surface area contributed by atoms with E-state index in [2.05, 4.69) is 10.2 Å². The van der Waals surface area contributed by atoms with Crippen molar-refractivity contribution in [1.82, 2.24) is 10.2 Å². The summed E-state index contributed by atoms with van der Waals surface area (Å²) in [6.45, 7) is 3.71. The number of nitrogens with one attached hydrogen (secondary N) is 1. The van der Waals surface area contributed by atoms with E-state index in [0.29, 0.717) is 5.69 Å². The van der Waals surface area contributed by atoms with E-state index in [-0.39, 0.29) is 5.56 Å². The van der Waals surface area contributed by atoms with Crippen LogP contribution in [0, 0.1) is 13.8 Å². The molecule has 2 rings (SSSR count). The number of carboxylic acid groups (broad SMARTS) is 1. The lowest BCUT2D eigenvalue weighted by Crippen LogP contribution is -2.28. The van der Waals surface area contributed by atoms with Gasteiger partial charge in [0.15, 0.2) is 5.03 Å². The number of anilines is 1. The first-order valence-corrected chi connectivity index (χ1v) is 7.51. The molecule has 0 spiro atoms. The van der Waals surface area contributed by atoms with E-state index in [0.717, 1.165) is 21.6 Å². The lowest BCUT2D eigenvalue weighted by atomic mass is 10.1. The van der Waals surface area contributed by atoms with E-state index in [1.54, 1.807) is 12.1 Å². The Bertz CT molecular complexity index is 775. The molecule has 1 aromatic heterocycles. The van der Waals surface area contributed by atoms with Crippen molar-refractivity contribution < 1.29 is 18.3 Å². The van der Waals surface area contributed by atoms with Crippen LogP contribution in [0.3, 0.4) is 0 Å². The lowest BCUT2D eigenvalue weighted by Gasteiger charge is -2.19. The average molecular weight is 309 g/mol. The summed E-state index contributed by atoms with van der Waals surface area (Å²) in [6, 6.07) is 5.34. The smallest absolute Gasteiger partial charge is 0.340 e. The zero-order valence-electron chi connectivity index (χ0n) is 11.8. The van der Waals surface area contributed by atoms with E-state index < -0.39 is 21.0 Å². The van der Waals surface area contributed by atoms with Crippen molar-refractivity contribution in [2.75, 3.05) is 11.4 Å². The minimum atomic E-state index is -4.02. The van der Waals surface area contributed by atoms with Gasteiger partial charge in [0.05, 0.1) is 11.9 Å². The topological polar surface area (TPSA) is 103 Å². The van der Waals surface area contributed by atoms with E-state index >= 15 is 0 Å². The predicted octanol–water partition coefficient (Wildman–Crippen LogP) is 1.55. The molecule has 21 heavy (non-hydrogen) atoms. The number of aryl methyl sites for hydroxylation is 2. The van der Waals surface area contributed by atoms with E-state index in [9.17, 15) is 13.2 Å². The molecule has 0 amide bonds. The number of rotatable bonds is 4. The Hall–Kier alpha value is -2.35. The number of nitrogens with zero attached hydrogens (tertiary/aromatic N) is 2. The third-order valence-electron chi connectivity index (χ3n) is 3.02. The first-order chi connectivity index (χ1) is 9.73. The summed E-state index contributed by atoms with van der Waals surface area (Å²) in [5.74, 6) is -1.35. The molecule has 0 aliphatic rings. The van der Waals surface area contributed by atoms with Gasteiger partial charge in [-0.3, -0.25) is 9.40 Å². The van der Waals surface area contributed by atoms with Gasteiger partial charge in [0.1, 0.15) is 5.56 Å². The van der Waals surface area contributed by atoms with Gasteiger partial charge in [0, 0.05) is 7.05 Å². The van der Waals surface area contributed by atoms with Gasteiger partial charge in [-0.25, -0.2) is 4.79 Å². The maximum atomic E-state index is 12.5. The van der Waals surface area contributed by atoms with Crippen LogP contribution in [0.15, 0.2) is 29.4 Å². The van der Waals surface area contributed by atoms with Gasteiger partial charge in [-0.1, -0.05) is 6.07 Å². The van der Waals surface area contributed by atoms with Gasteiger partial charge in [0.2, 0.25) is 0 Å². The molecular formula is C13H15N3O4S. The summed E-state index contributed by atoms with van der Waals surface area (Å²) < 4.78 is 26.1. The van der Waals surface area contributed by atoms with Crippen molar-refractivity contribution in [3.63, 3.8) is 0 Å². The highest BCUT2D eigenvalue weighted by molar-refractivity contribution is 7.92. The molecule has 0 unspecified atom stereocenters. The van der Waals surface area contributed by atoms with Crippen molar-refractivity contribution in [2.45, 2.75) is 18.9 Å². The molecule has 0 saturated heterocycles. The molecule has 1 aromatic carbocycles. The van der Waals surface area contributed by atoms with Crippen LogP contribution in [0.25, 0.3) is 0 Å². The second kappa shape index (κ2) is 5.21. The van der Waals surface area contributed by atoms with Gasteiger partial charge >= 0.3 is 5.97 Å². The fourth-order valence-electron chi connectivity index (χ4n) is 2.03. The molecule has 2 N–H and O–H groups in total. The zero-order chi connectivity index (χ0) is 15.8. The molecule has 0 saturated carbocycles. The number of benzene rings is 1. The van der Waals surface area contributed by atoms with Crippen LogP contribution < -0.4 is 4.31 Å². The highest BCUT2D eigenvalue weighted by Gasteiger charge is 2.29. The number of hydrogen-bond donors (Lipinski definition) is 2. The number of hydrogen-bond acceptors (Lipinski definition) is 4. The van der Waals surface area contributed by atoms with Crippen molar-refractivity contribution in [2.24, 2.45) is 0 Å². The summed E-state index contributed by atoms with van der Waals surface area (Å²) in [6.07, 6.45) is 0.977. The molecule has 0 atom stereocenters. The maximum absolute atomic E-state index is 12.5. The number of aromatic amines is 1. The molecule has 112 valence electrons. The summed E-state index contributed by atoms with van der Waals surface area (Å²) in [7, 11) is -2.65. The molecule has 0 aliphatic heterocycles. The van der Waals surface area contributed by atoms with Crippen LogP contribution in [0.5, 0.6) is 0 Å². The number of carboxylic acids is 1. The fourth-order valence-corrected chi connectivity index (χ4v) is 3.27. The standard InChI is InChI=1S/C13H15N3O4S/c1-8-4-9(2)6-10(5-8)16(3)21(19,20)12-11(13(17)18)7-14-15-12/h4-7H,1-3H3,(H,14,15)(H,17,18). The Morgan fingerprint density at radius 3 is 2.33 bits per heavy atom. The summed E-state index contributed by atoms with van der Waals surface area (Å²) >= 11 is 0. The molecule has 1 heterocycles. The number of H-pyrrole nitrogens is 1. The van der Waals surface area contributed by atoms with Gasteiger partial charge < -0.3 is 5.11 Å². The zero-order valence-corrected chi connectivity index (χ0v) is 12.6. The SMILES string of the molecule is Cc1cc(C)cc(N(C)S(=O)(=O)c2[nH]ncc2C(=O)O)c1. The third kappa shape index (κ3) is 2.75. The van der Waals surface area contributed by atoms with E-state index in [4.69, 9.17) is 5.11 Å². The van der Waals surface area contributed by atoms with Crippen LogP contribution in [0.1, 0.15) is 21.5 Å². The second-order valence-corrected chi connectivity index (χ2v) is 6.64. The predicted molar refractivity (Wildman–Crippen MR) is 77.1 cm³/mol. The van der Waals surface area contributed by atoms with Gasteiger partial charge in [-0.2, -0.15) is 13.5 Å². The minimum absolute atomic E-state index is 0.383. The largest absolute Gasteiger partial charge is 0.478 e. The molecule has 7 nitrogen and oxygen atoms in total. The highest BCUT2D eigenvalue weighted by atomic mass is 32.2. The lowest BCUT2D eigenvalue weighted by molar-refractivity contribution is 0.0692. The van der Waals surface area contributed by atoms with Crippen LogP contribution >= 0.6 is 0 Å². The van der Waals surface area contributed by atoms with Gasteiger partial charge in [-0.15, -0.1) is 0 Å². The van der Waals surface area contributed by atoms with Crippen LogP contribution in [-0.4, -0.2) is 36.7 Å². The number of aromatic carboxylic acids is 1. The molecule has 0 aliphatic carbocycles. The first-order valence-electron chi connectivity index (χ1n) is 6.07. The van der Waals surface area contributed by atoms with Gasteiger partial charge in [-0.05, 0) is 37.1 Å². The van der Waals surface area contributed by atoms with Crippen LogP contribution in [0.4, 0.5) is 5.69 Å². The maximum Gasteiger partial charge on any atom is 0.340 e. The third-order valence-corrected chi connectivity index (χ3v) is 4.78. The van der Waals surface area contributed by atoms with Crippen molar-refractivity contribution >= 4 is 21.7 Å². The van der Waals surface area contributed by atoms with Crippen LogP contribution in [0.2, 0.25) is 0 Å². The second-order valence-electron chi connectivity index (χ2n) is 4.74. The average Bonchev–Trinajstić information content (AvgIpc) is 2.86. The minimum Gasteiger partial charge on any atom is -0.478 e. The monoisotopic (exact) mass is 309 g/mol. The van der Waals surface area contributed by atoms with E-state index in [1.807, 2.05) is 19.9 Å². The van der Waals surface area contributed by atoms with Gasteiger partial charge in [0.25, 0.3) is 10.0 Å².